The number of aromatic nitrogens is 1. The van der Waals surface area contributed by atoms with E-state index in [2.05, 4.69) is 4.98 Å². The number of H-pyrrole nitrogens is 1. The van der Waals surface area contributed by atoms with Crippen molar-refractivity contribution in [3.63, 3.8) is 0 Å². The summed E-state index contributed by atoms with van der Waals surface area (Å²) in [6, 6.07) is 5.33. The summed E-state index contributed by atoms with van der Waals surface area (Å²) in [5, 5.41) is 0.629. The Kier molecular flexibility index (Phi) is 4.12. The third-order valence-corrected chi connectivity index (χ3v) is 4.71. The van der Waals surface area contributed by atoms with Crippen molar-refractivity contribution in [1.29, 1.82) is 0 Å². The van der Waals surface area contributed by atoms with E-state index in [0.717, 1.165) is 36.4 Å². The average molecular weight is 299 g/mol. The molecule has 0 amide bonds. The van der Waals surface area contributed by atoms with Crippen molar-refractivity contribution in [3.8, 4) is 0 Å². The lowest BCUT2D eigenvalue weighted by Crippen LogP contribution is -3.11. The SMILES string of the molecule is CC(=O)c1ccc2[nH]c(C)c(C[NH+]3CCCCC3)c(=O)c2c1. The first kappa shape index (κ1) is 15.0. The highest BCUT2D eigenvalue weighted by atomic mass is 16.1. The van der Waals surface area contributed by atoms with Crippen LogP contribution in [0.2, 0.25) is 0 Å². The van der Waals surface area contributed by atoms with Crippen molar-refractivity contribution in [2.24, 2.45) is 0 Å². The number of quaternary nitrogens is 1. The summed E-state index contributed by atoms with van der Waals surface area (Å²) in [7, 11) is 0. The third-order valence-electron chi connectivity index (χ3n) is 4.71. The molecule has 3 rings (SSSR count). The fourth-order valence-corrected chi connectivity index (χ4v) is 3.36. The van der Waals surface area contributed by atoms with Gasteiger partial charge in [0.1, 0.15) is 6.54 Å². The fourth-order valence-electron chi connectivity index (χ4n) is 3.36. The van der Waals surface area contributed by atoms with Gasteiger partial charge in [-0.3, -0.25) is 9.59 Å². The Hall–Kier alpha value is -1.94. The summed E-state index contributed by atoms with van der Waals surface area (Å²) in [5.41, 5.74) is 3.30. The molecule has 0 saturated carbocycles. The predicted octanol–water partition coefficient (Wildman–Crippen LogP) is 1.61. The minimum absolute atomic E-state index is 0.00918. The van der Waals surface area contributed by atoms with Crippen LogP contribution in [0.4, 0.5) is 0 Å². The van der Waals surface area contributed by atoms with Gasteiger partial charge >= 0.3 is 0 Å². The van der Waals surface area contributed by atoms with Crippen molar-refractivity contribution in [3.05, 3.63) is 45.2 Å². The van der Waals surface area contributed by atoms with Crippen molar-refractivity contribution in [2.75, 3.05) is 13.1 Å². The monoisotopic (exact) mass is 299 g/mol. The van der Waals surface area contributed by atoms with Gasteiger partial charge in [-0.15, -0.1) is 0 Å². The first-order valence-corrected chi connectivity index (χ1v) is 8.06. The first-order valence-electron chi connectivity index (χ1n) is 8.06. The number of rotatable bonds is 3. The van der Waals surface area contributed by atoms with Crippen LogP contribution in [0.5, 0.6) is 0 Å². The van der Waals surface area contributed by atoms with Crippen LogP contribution in [0.1, 0.15) is 47.8 Å². The molecule has 4 heteroatoms. The van der Waals surface area contributed by atoms with Crippen LogP contribution in [0.15, 0.2) is 23.0 Å². The number of benzene rings is 1. The molecule has 1 aromatic heterocycles. The van der Waals surface area contributed by atoms with Gasteiger partial charge in [-0.25, -0.2) is 0 Å². The second-order valence-corrected chi connectivity index (χ2v) is 6.36. The lowest BCUT2D eigenvalue weighted by atomic mass is 10.0. The van der Waals surface area contributed by atoms with Crippen LogP contribution in [-0.2, 0) is 6.54 Å². The van der Waals surface area contributed by atoms with Crippen LogP contribution in [0, 0.1) is 6.92 Å². The summed E-state index contributed by atoms with van der Waals surface area (Å²) in [4.78, 5) is 29.2. The third kappa shape index (κ3) is 2.83. The van der Waals surface area contributed by atoms with E-state index in [0.29, 0.717) is 10.9 Å². The molecule has 22 heavy (non-hydrogen) atoms. The molecule has 2 heterocycles. The number of aromatic amines is 1. The molecule has 0 bridgehead atoms. The molecule has 4 nitrogen and oxygen atoms in total. The van der Waals surface area contributed by atoms with Crippen molar-refractivity contribution in [1.82, 2.24) is 4.98 Å². The van der Waals surface area contributed by atoms with E-state index in [1.54, 1.807) is 12.1 Å². The number of Topliss-reactive ketones (excluding diaryl/α,β-unsaturated/α-hetero) is 1. The van der Waals surface area contributed by atoms with E-state index in [1.807, 2.05) is 13.0 Å². The molecule has 0 atom stereocenters. The number of piperidine rings is 1. The van der Waals surface area contributed by atoms with E-state index in [9.17, 15) is 9.59 Å². The van der Waals surface area contributed by atoms with Crippen LogP contribution < -0.4 is 10.3 Å². The van der Waals surface area contributed by atoms with Gasteiger partial charge in [-0.05, 0) is 51.3 Å². The number of ketones is 1. The van der Waals surface area contributed by atoms with E-state index >= 15 is 0 Å². The largest absolute Gasteiger partial charge is 0.358 e. The Morgan fingerprint density at radius 3 is 2.64 bits per heavy atom. The van der Waals surface area contributed by atoms with Gasteiger partial charge < -0.3 is 9.88 Å². The molecule has 1 aliphatic rings. The zero-order chi connectivity index (χ0) is 15.7. The van der Waals surface area contributed by atoms with Crippen LogP contribution in [0.3, 0.4) is 0 Å². The lowest BCUT2D eigenvalue weighted by molar-refractivity contribution is -0.918. The number of aryl methyl sites for hydroxylation is 1. The molecule has 1 fully saturated rings. The highest BCUT2D eigenvalue weighted by Gasteiger charge is 2.18. The van der Waals surface area contributed by atoms with Crippen LogP contribution in [-0.4, -0.2) is 23.9 Å². The number of carbonyl (C=O) groups excluding carboxylic acids is 1. The van der Waals surface area contributed by atoms with Gasteiger partial charge in [0.15, 0.2) is 11.2 Å². The Bertz CT molecular complexity index is 770. The average Bonchev–Trinajstić information content (AvgIpc) is 2.52. The number of pyridine rings is 1. The quantitative estimate of drug-likeness (QED) is 0.846. The standard InChI is InChI=1S/C18H22N2O2/c1-12-16(11-20-8-4-3-5-9-20)18(22)15-10-14(13(2)21)6-7-17(15)19-12/h6-7,10H,3-5,8-9,11H2,1-2H3,(H,19,22)/p+1. The predicted molar refractivity (Wildman–Crippen MR) is 87.6 cm³/mol. The molecular formula is C18H23N2O2+. The molecule has 1 saturated heterocycles. The molecule has 116 valence electrons. The Balaban J connectivity index is 2.05. The zero-order valence-electron chi connectivity index (χ0n) is 13.3. The highest BCUT2D eigenvalue weighted by Crippen LogP contribution is 2.14. The van der Waals surface area contributed by atoms with Gasteiger partial charge in [-0.2, -0.15) is 0 Å². The zero-order valence-corrected chi connectivity index (χ0v) is 13.3. The van der Waals surface area contributed by atoms with Gasteiger partial charge in [-0.1, -0.05) is 0 Å². The first-order chi connectivity index (χ1) is 10.6. The molecule has 0 unspecified atom stereocenters. The Morgan fingerprint density at radius 2 is 1.95 bits per heavy atom. The van der Waals surface area contributed by atoms with E-state index in [1.165, 1.54) is 31.1 Å². The normalized spacial score (nSPS) is 16.1. The summed E-state index contributed by atoms with van der Waals surface area (Å²) in [6.07, 6.45) is 3.79. The molecular weight excluding hydrogens is 276 g/mol. The molecule has 2 N–H and O–H groups in total. The molecule has 0 radical (unpaired) electrons. The van der Waals surface area contributed by atoms with E-state index < -0.39 is 0 Å². The maximum atomic E-state index is 12.9. The molecule has 2 aromatic rings. The van der Waals surface area contributed by atoms with E-state index in [4.69, 9.17) is 0 Å². The highest BCUT2D eigenvalue weighted by molar-refractivity contribution is 5.97. The number of hydrogen-bond acceptors (Lipinski definition) is 2. The van der Waals surface area contributed by atoms with Crippen molar-refractivity contribution < 1.29 is 9.69 Å². The maximum absolute atomic E-state index is 12.9. The van der Waals surface area contributed by atoms with Crippen LogP contribution >= 0.6 is 0 Å². The minimum atomic E-state index is -0.00918. The number of likely N-dealkylation sites (tertiary alicyclic amines) is 1. The summed E-state index contributed by atoms with van der Waals surface area (Å²) < 4.78 is 0. The smallest absolute Gasteiger partial charge is 0.198 e. The molecule has 1 aromatic carbocycles. The van der Waals surface area contributed by atoms with Gasteiger partial charge in [0.25, 0.3) is 0 Å². The van der Waals surface area contributed by atoms with Crippen LogP contribution in [0.25, 0.3) is 10.9 Å². The molecule has 0 aliphatic carbocycles. The van der Waals surface area contributed by atoms with Crippen molar-refractivity contribution in [2.45, 2.75) is 39.7 Å². The van der Waals surface area contributed by atoms with Gasteiger partial charge in [0, 0.05) is 22.2 Å². The number of hydrogen-bond donors (Lipinski definition) is 2. The van der Waals surface area contributed by atoms with Gasteiger partial charge in [0.2, 0.25) is 0 Å². The lowest BCUT2D eigenvalue weighted by Gasteiger charge is -2.24. The molecule has 1 aliphatic heterocycles. The Labute approximate surface area is 130 Å². The number of fused-ring (bicyclic) bond motifs is 1. The topological polar surface area (TPSA) is 54.4 Å². The second kappa shape index (κ2) is 6.05. The number of nitrogens with one attached hydrogen (secondary N) is 2. The van der Waals surface area contributed by atoms with E-state index in [-0.39, 0.29) is 11.2 Å². The Morgan fingerprint density at radius 1 is 1.23 bits per heavy atom. The van der Waals surface area contributed by atoms with Crippen molar-refractivity contribution >= 4 is 16.7 Å². The minimum Gasteiger partial charge on any atom is -0.358 e. The van der Waals surface area contributed by atoms with Gasteiger partial charge in [0.05, 0.1) is 18.7 Å². The second-order valence-electron chi connectivity index (χ2n) is 6.36. The number of carbonyl (C=O) groups is 1. The molecule has 0 spiro atoms. The summed E-state index contributed by atoms with van der Waals surface area (Å²) >= 11 is 0. The summed E-state index contributed by atoms with van der Waals surface area (Å²) in [5.74, 6) is -0.00918. The summed E-state index contributed by atoms with van der Waals surface area (Å²) in [6.45, 7) is 6.57. The maximum Gasteiger partial charge on any atom is 0.198 e. The fraction of sp³-hybridized carbons (Fsp3) is 0.444.